The summed E-state index contributed by atoms with van der Waals surface area (Å²) >= 11 is 6.15. The number of rotatable bonds is 4. The number of esters is 2. The summed E-state index contributed by atoms with van der Waals surface area (Å²) in [6.45, 7) is 19.8. The molecule has 0 aromatic carbocycles. The van der Waals surface area contributed by atoms with E-state index in [1.165, 1.54) is 6.33 Å². The minimum atomic E-state index is -0.588. The highest BCUT2D eigenvalue weighted by atomic mass is 35.5. The first-order chi connectivity index (χ1) is 21.3. The first kappa shape index (κ1) is 35.0. The lowest BCUT2D eigenvalue weighted by molar-refractivity contribution is -0.213. The van der Waals surface area contributed by atoms with Gasteiger partial charge >= 0.3 is 11.9 Å². The largest absolute Gasteiger partial charge is 0.457 e. The van der Waals surface area contributed by atoms with Gasteiger partial charge in [-0.3, -0.25) is 14.2 Å². The van der Waals surface area contributed by atoms with E-state index in [1.54, 1.807) is 13.4 Å². The zero-order valence-electron chi connectivity index (χ0n) is 29.1. The standard InChI is InChI=1S/C19H25ClN4O3.C15H26O4/c1-10-6-19(7-10)11(2)13(26-17(25)18(3,4)5)16(27-19)24-9-23-12-14(20)21-8-22-15(12)24;1-9-7-15(8-9)10(2)11(12(17-6)19-15)18-13(16)14(3,4)5/h8-11,13,16H,6-7H2,1-5H3;9-12H,7-8H2,1-6H3/t10?,11-,13?,16+,19?;9?,10-,11?,12+,15?/m00/s1. The van der Waals surface area contributed by atoms with Gasteiger partial charge in [-0.15, -0.1) is 0 Å². The van der Waals surface area contributed by atoms with Gasteiger partial charge in [0.2, 0.25) is 0 Å². The van der Waals surface area contributed by atoms with Gasteiger partial charge in [-0.2, -0.15) is 0 Å². The summed E-state index contributed by atoms with van der Waals surface area (Å²) < 4.78 is 31.4. The minimum absolute atomic E-state index is 0.0692. The Labute approximate surface area is 277 Å². The summed E-state index contributed by atoms with van der Waals surface area (Å²) in [7, 11) is 1.61. The molecule has 0 bridgehead atoms. The molecule has 256 valence electrons. The monoisotopic (exact) mass is 662 g/mol. The van der Waals surface area contributed by atoms with Crippen molar-refractivity contribution in [1.29, 1.82) is 0 Å². The van der Waals surface area contributed by atoms with Gasteiger partial charge in [0.15, 0.2) is 35.5 Å². The second kappa shape index (κ2) is 12.3. The Morgan fingerprint density at radius 2 is 1.33 bits per heavy atom. The van der Waals surface area contributed by atoms with E-state index < -0.39 is 29.5 Å². The second-order valence-electron chi connectivity index (χ2n) is 16.2. The van der Waals surface area contributed by atoms with Crippen LogP contribution in [0.15, 0.2) is 12.7 Å². The fourth-order valence-corrected chi connectivity index (χ4v) is 7.58. The van der Waals surface area contributed by atoms with E-state index in [-0.39, 0.29) is 41.1 Å². The van der Waals surface area contributed by atoms with Crippen molar-refractivity contribution in [1.82, 2.24) is 19.5 Å². The molecule has 46 heavy (non-hydrogen) atoms. The SMILES string of the molecule is CC1CC2(C1)O[C@@H](n1cnc3c(Cl)ncnc31)C(OC(=O)C(C)(C)C)[C@@H]2C.CO[C@@H]1OC2(CC(C)C2)[C@@H](C)C1OC(=O)C(C)(C)C. The Morgan fingerprint density at radius 3 is 1.83 bits per heavy atom. The molecule has 4 heterocycles. The zero-order chi connectivity index (χ0) is 34.0. The van der Waals surface area contributed by atoms with Crippen molar-refractivity contribution in [3.8, 4) is 0 Å². The molecule has 2 spiro atoms. The third kappa shape index (κ3) is 6.29. The summed E-state index contributed by atoms with van der Waals surface area (Å²) in [4.78, 5) is 37.4. The Balaban J connectivity index is 0.000000193. The van der Waals surface area contributed by atoms with E-state index in [0.717, 1.165) is 25.7 Å². The van der Waals surface area contributed by atoms with Crippen molar-refractivity contribution in [2.75, 3.05) is 7.11 Å². The Kier molecular flexibility index (Phi) is 9.34. The van der Waals surface area contributed by atoms with Crippen LogP contribution in [-0.2, 0) is 33.3 Å². The maximum Gasteiger partial charge on any atom is 0.311 e. The van der Waals surface area contributed by atoms with Crippen LogP contribution in [0.25, 0.3) is 11.2 Å². The van der Waals surface area contributed by atoms with Crippen molar-refractivity contribution < 1.29 is 33.3 Å². The van der Waals surface area contributed by atoms with Crippen LogP contribution >= 0.6 is 11.6 Å². The molecule has 12 heteroatoms. The van der Waals surface area contributed by atoms with Gasteiger partial charge in [-0.05, 0) is 79.1 Å². The molecule has 2 aromatic rings. The number of imidazole rings is 1. The summed E-state index contributed by atoms with van der Waals surface area (Å²) in [6.07, 6.45) is 5.35. The fraction of sp³-hybridized carbons (Fsp3) is 0.794. The molecule has 0 N–H and O–H groups in total. The summed E-state index contributed by atoms with van der Waals surface area (Å²) in [5.41, 5.74) is -0.424. The molecule has 0 amide bonds. The molecule has 0 radical (unpaired) electrons. The highest BCUT2D eigenvalue weighted by molar-refractivity contribution is 6.33. The van der Waals surface area contributed by atoms with Crippen LogP contribution in [0.3, 0.4) is 0 Å². The second-order valence-corrected chi connectivity index (χ2v) is 16.6. The Morgan fingerprint density at radius 1 is 0.826 bits per heavy atom. The van der Waals surface area contributed by atoms with E-state index >= 15 is 0 Å². The molecule has 2 saturated carbocycles. The molecule has 4 fully saturated rings. The van der Waals surface area contributed by atoms with Gasteiger partial charge in [0.1, 0.15) is 11.8 Å². The molecular weight excluding hydrogens is 612 g/mol. The third-order valence-electron chi connectivity index (χ3n) is 10.2. The highest BCUT2D eigenvalue weighted by Crippen LogP contribution is 2.56. The maximum absolute atomic E-state index is 12.6. The molecule has 2 aromatic heterocycles. The van der Waals surface area contributed by atoms with Crippen molar-refractivity contribution >= 4 is 34.7 Å². The van der Waals surface area contributed by atoms with Crippen molar-refractivity contribution in [2.24, 2.45) is 34.5 Å². The normalized spacial score (nSPS) is 37.0. The number of methoxy groups -OCH3 is 1. The number of nitrogens with zero attached hydrogens (tertiary/aromatic N) is 4. The number of halogens is 1. The molecule has 11 nitrogen and oxygen atoms in total. The summed E-state index contributed by atoms with van der Waals surface area (Å²) in [5.74, 6) is 1.09. The lowest BCUT2D eigenvalue weighted by Crippen LogP contribution is -2.48. The van der Waals surface area contributed by atoms with Crippen molar-refractivity contribution in [2.45, 2.75) is 131 Å². The zero-order valence-corrected chi connectivity index (χ0v) is 29.9. The molecule has 2 saturated heterocycles. The molecule has 2 unspecified atom stereocenters. The van der Waals surface area contributed by atoms with Gasteiger partial charge in [-0.1, -0.05) is 39.3 Å². The van der Waals surface area contributed by atoms with E-state index in [0.29, 0.717) is 28.2 Å². The number of aromatic nitrogens is 4. The number of ether oxygens (including phenoxy) is 5. The van der Waals surface area contributed by atoms with Crippen LogP contribution in [-0.4, -0.2) is 68.3 Å². The van der Waals surface area contributed by atoms with Crippen LogP contribution in [0.2, 0.25) is 5.15 Å². The lowest BCUT2D eigenvalue weighted by atomic mass is 9.65. The van der Waals surface area contributed by atoms with Crippen LogP contribution < -0.4 is 0 Å². The van der Waals surface area contributed by atoms with Crippen molar-refractivity contribution in [3.63, 3.8) is 0 Å². The summed E-state index contributed by atoms with van der Waals surface area (Å²) in [5, 5.41) is 0.292. The number of carbonyl (C=O) groups excluding carboxylic acids is 2. The number of carbonyl (C=O) groups is 2. The smallest absolute Gasteiger partial charge is 0.311 e. The first-order valence-electron chi connectivity index (χ1n) is 16.5. The molecule has 4 aliphatic rings. The lowest BCUT2D eigenvalue weighted by Gasteiger charge is -2.46. The van der Waals surface area contributed by atoms with Gasteiger partial charge in [-0.25, -0.2) is 15.0 Å². The fourth-order valence-electron chi connectivity index (χ4n) is 7.40. The number of hydrogen-bond donors (Lipinski definition) is 0. The predicted molar refractivity (Wildman–Crippen MR) is 172 cm³/mol. The van der Waals surface area contributed by atoms with Gasteiger partial charge in [0.25, 0.3) is 0 Å². The Hall–Kier alpha value is -2.34. The molecule has 2 aliphatic carbocycles. The minimum Gasteiger partial charge on any atom is -0.457 e. The Bertz CT molecular complexity index is 1440. The van der Waals surface area contributed by atoms with E-state index in [4.69, 9.17) is 35.3 Å². The van der Waals surface area contributed by atoms with Crippen LogP contribution in [0.4, 0.5) is 0 Å². The van der Waals surface area contributed by atoms with Gasteiger partial charge in [0.05, 0.1) is 28.4 Å². The topological polar surface area (TPSA) is 124 Å². The van der Waals surface area contributed by atoms with Crippen LogP contribution in [0, 0.1) is 34.5 Å². The average Bonchev–Trinajstić information content (AvgIpc) is 3.56. The van der Waals surface area contributed by atoms with E-state index in [1.807, 2.05) is 46.1 Å². The van der Waals surface area contributed by atoms with Crippen LogP contribution in [0.5, 0.6) is 0 Å². The quantitative estimate of drug-likeness (QED) is 0.264. The predicted octanol–water partition coefficient (Wildman–Crippen LogP) is 6.52. The first-order valence-corrected chi connectivity index (χ1v) is 16.8. The molecule has 6 atom stereocenters. The van der Waals surface area contributed by atoms with Crippen LogP contribution in [0.1, 0.15) is 101 Å². The molecule has 6 rings (SSSR count). The van der Waals surface area contributed by atoms with Gasteiger partial charge in [0, 0.05) is 18.9 Å². The number of fused-ring (bicyclic) bond motifs is 1. The van der Waals surface area contributed by atoms with Gasteiger partial charge < -0.3 is 23.7 Å². The van der Waals surface area contributed by atoms with E-state index in [9.17, 15) is 9.59 Å². The molecule has 2 aliphatic heterocycles. The average molecular weight is 663 g/mol. The third-order valence-corrected chi connectivity index (χ3v) is 10.5. The highest BCUT2D eigenvalue weighted by Gasteiger charge is 2.61. The number of hydrogen-bond acceptors (Lipinski definition) is 10. The summed E-state index contributed by atoms with van der Waals surface area (Å²) in [6, 6.07) is 0. The van der Waals surface area contributed by atoms with E-state index in [2.05, 4.69) is 42.6 Å². The maximum atomic E-state index is 12.6. The van der Waals surface area contributed by atoms with Crippen molar-refractivity contribution in [3.05, 3.63) is 17.8 Å². The molecular formula is C34H51ClN4O7.